The Bertz CT molecular complexity index is 1310. The fourth-order valence-corrected chi connectivity index (χ4v) is 3.51. The van der Waals surface area contributed by atoms with Crippen LogP contribution in [0.3, 0.4) is 0 Å². The summed E-state index contributed by atoms with van der Waals surface area (Å²) in [5, 5.41) is 3.73. The van der Waals surface area contributed by atoms with Crippen LogP contribution in [-0.2, 0) is 0 Å². The molecule has 0 aromatic carbocycles. The molecule has 0 atom stereocenters. The Labute approximate surface area is 154 Å². The normalized spacial score (nSPS) is 12.5. The molecule has 5 heterocycles. The van der Waals surface area contributed by atoms with Gasteiger partial charge in [0.1, 0.15) is 0 Å². The number of fused-ring (bicyclic) bond motifs is 8. The lowest BCUT2D eigenvalue weighted by atomic mass is 10.3. The van der Waals surface area contributed by atoms with Crippen LogP contribution < -0.4 is 21.4 Å². The first-order valence-electron chi connectivity index (χ1n) is 8.83. The van der Waals surface area contributed by atoms with Crippen molar-refractivity contribution in [2.24, 2.45) is 0 Å². The molecule has 0 radical (unpaired) electrons. The Morgan fingerprint density at radius 1 is 0.630 bits per heavy atom. The average Bonchev–Trinajstić information content (AvgIpc) is 3.39. The van der Waals surface area contributed by atoms with E-state index in [0.29, 0.717) is 0 Å². The van der Waals surface area contributed by atoms with E-state index in [9.17, 15) is 4.79 Å². The number of aromatic amines is 3. The zero-order valence-electron chi connectivity index (χ0n) is 14.8. The number of H-pyrrole nitrogens is 3. The van der Waals surface area contributed by atoms with Crippen molar-refractivity contribution in [1.82, 2.24) is 19.5 Å². The maximum Gasteiger partial charge on any atom is 0.228 e. The zero-order valence-corrected chi connectivity index (χ0v) is 14.8. The number of carbonyl (C=O) groups excluding carboxylic acids is 1. The van der Waals surface area contributed by atoms with Crippen molar-refractivity contribution in [3.8, 4) is 0 Å². The minimum absolute atomic E-state index is 0.0205. The molecule has 1 aliphatic rings. The van der Waals surface area contributed by atoms with E-state index in [1.54, 1.807) is 11.5 Å². The SMILES string of the molecule is CC(=O)n1c2ccc1=Cc1ccc([nH]1)C=c1ccc([nH]1)=Cc1ccc([nH]1)C=2. The van der Waals surface area contributed by atoms with E-state index >= 15 is 0 Å². The van der Waals surface area contributed by atoms with Gasteiger partial charge >= 0.3 is 0 Å². The molecule has 5 heteroatoms. The summed E-state index contributed by atoms with van der Waals surface area (Å²) in [5.74, 6) is -0.0205. The molecule has 0 saturated heterocycles. The summed E-state index contributed by atoms with van der Waals surface area (Å²) in [6, 6.07) is 16.1. The van der Waals surface area contributed by atoms with Crippen LogP contribution in [0.1, 0.15) is 34.5 Å². The first kappa shape index (κ1) is 15.5. The Balaban J connectivity index is 1.84. The van der Waals surface area contributed by atoms with E-state index < -0.39 is 0 Å². The first-order valence-corrected chi connectivity index (χ1v) is 8.83. The second-order valence-electron chi connectivity index (χ2n) is 6.72. The largest absolute Gasteiger partial charge is 0.355 e. The van der Waals surface area contributed by atoms with E-state index in [4.69, 9.17) is 0 Å². The minimum atomic E-state index is -0.0205. The molecule has 0 fully saturated rings. The van der Waals surface area contributed by atoms with Crippen molar-refractivity contribution >= 4 is 30.2 Å². The van der Waals surface area contributed by atoms with Crippen LogP contribution in [0, 0.1) is 0 Å². The molecule has 0 amide bonds. The van der Waals surface area contributed by atoms with Gasteiger partial charge in [0.2, 0.25) is 5.91 Å². The summed E-state index contributed by atoms with van der Waals surface area (Å²) < 4.78 is 1.72. The molecular weight excluding hydrogens is 336 g/mol. The third kappa shape index (κ3) is 2.89. The zero-order chi connectivity index (χ0) is 18.4. The number of nitrogens with zero attached hydrogens (tertiary/aromatic N) is 1. The van der Waals surface area contributed by atoms with Crippen LogP contribution in [0.2, 0.25) is 0 Å². The second-order valence-corrected chi connectivity index (χ2v) is 6.72. The molecule has 4 aromatic rings. The predicted octanol–water partition coefficient (Wildman–Crippen LogP) is 0.761. The lowest BCUT2D eigenvalue weighted by Crippen LogP contribution is -2.31. The summed E-state index contributed by atoms with van der Waals surface area (Å²) in [6.45, 7) is 1.58. The third-order valence-electron chi connectivity index (χ3n) is 4.68. The van der Waals surface area contributed by atoms with Crippen LogP contribution >= 0.6 is 0 Å². The highest BCUT2D eigenvalue weighted by molar-refractivity contribution is 5.77. The molecule has 0 spiro atoms. The molecular formula is C22H18N4O. The van der Waals surface area contributed by atoms with Gasteiger partial charge in [-0.2, -0.15) is 0 Å². The third-order valence-corrected chi connectivity index (χ3v) is 4.68. The second kappa shape index (κ2) is 5.92. The van der Waals surface area contributed by atoms with Gasteiger partial charge in [-0.15, -0.1) is 0 Å². The minimum Gasteiger partial charge on any atom is -0.355 e. The van der Waals surface area contributed by atoms with Crippen molar-refractivity contribution < 1.29 is 4.79 Å². The number of hydrogen-bond acceptors (Lipinski definition) is 1. The molecule has 5 nitrogen and oxygen atoms in total. The maximum absolute atomic E-state index is 12.3. The molecule has 3 N–H and O–H groups in total. The number of rotatable bonds is 0. The van der Waals surface area contributed by atoms with E-state index in [1.807, 2.05) is 48.6 Å². The van der Waals surface area contributed by atoms with Gasteiger partial charge in [0.25, 0.3) is 0 Å². The fourth-order valence-electron chi connectivity index (χ4n) is 3.51. The maximum atomic E-state index is 12.3. The summed E-state index contributed by atoms with van der Waals surface area (Å²) in [4.78, 5) is 22.4. The molecule has 0 saturated carbocycles. The van der Waals surface area contributed by atoms with Gasteiger partial charge in [-0.05, 0) is 72.8 Å². The summed E-state index contributed by atoms with van der Waals surface area (Å²) in [6.07, 6.45) is 8.08. The quantitative estimate of drug-likeness (QED) is 0.378. The van der Waals surface area contributed by atoms with Gasteiger partial charge in [0.15, 0.2) is 0 Å². The Hall–Kier alpha value is -3.73. The van der Waals surface area contributed by atoms with Gasteiger partial charge in [-0.3, -0.25) is 9.36 Å². The molecule has 132 valence electrons. The highest BCUT2D eigenvalue weighted by atomic mass is 16.1. The summed E-state index contributed by atoms with van der Waals surface area (Å²) in [7, 11) is 0. The Morgan fingerprint density at radius 3 is 1.52 bits per heavy atom. The van der Waals surface area contributed by atoms with Gasteiger partial charge in [0, 0.05) is 40.4 Å². The molecule has 1 aliphatic heterocycles. The van der Waals surface area contributed by atoms with Crippen LogP contribution in [0.5, 0.6) is 0 Å². The van der Waals surface area contributed by atoms with Crippen molar-refractivity contribution in [1.29, 1.82) is 0 Å². The van der Waals surface area contributed by atoms with Crippen LogP contribution in [0.15, 0.2) is 48.5 Å². The van der Waals surface area contributed by atoms with Crippen molar-refractivity contribution in [3.63, 3.8) is 0 Å². The number of nitrogens with one attached hydrogen (secondary N) is 3. The predicted molar refractivity (Wildman–Crippen MR) is 106 cm³/mol. The van der Waals surface area contributed by atoms with E-state index in [-0.39, 0.29) is 5.91 Å². The van der Waals surface area contributed by atoms with Crippen molar-refractivity contribution in [3.05, 3.63) is 92.7 Å². The molecule has 0 unspecified atom stereocenters. The molecule has 4 aromatic heterocycles. The van der Waals surface area contributed by atoms with E-state index in [2.05, 4.69) is 39.2 Å². The molecule has 0 aliphatic carbocycles. The van der Waals surface area contributed by atoms with Crippen LogP contribution in [0.25, 0.3) is 24.3 Å². The van der Waals surface area contributed by atoms with Crippen LogP contribution in [0.4, 0.5) is 0 Å². The highest BCUT2D eigenvalue weighted by Gasteiger charge is 2.04. The average molecular weight is 354 g/mol. The van der Waals surface area contributed by atoms with Gasteiger partial charge < -0.3 is 15.0 Å². The highest BCUT2D eigenvalue weighted by Crippen LogP contribution is 2.05. The topological polar surface area (TPSA) is 69.4 Å². The van der Waals surface area contributed by atoms with Gasteiger partial charge in [-0.1, -0.05) is 0 Å². The van der Waals surface area contributed by atoms with Gasteiger partial charge in [-0.25, -0.2) is 0 Å². The van der Waals surface area contributed by atoms with Gasteiger partial charge in [0.05, 0.1) is 10.7 Å². The smallest absolute Gasteiger partial charge is 0.228 e. The molecule has 27 heavy (non-hydrogen) atoms. The van der Waals surface area contributed by atoms with E-state index in [0.717, 1.165) is 44.2 Å². The number of aromatic nitrogens is 4. The van der Waals surface area contributed by atoms with Crippen molar-refractivity contribution in [2.45, 2.75) is 6.92 Å². The number of carbonyl (C=O) groups is 1. The molecule has 8 bridgehead atoms. The van der Waals surface area contributed by atoms with E-state index in [1.165, 1.54) is 0 Å². The lowest BCUT2D eigenvalue weighted by molar-refractivity contribution is 0.0931. The summed E-state index contributed by atoms with van der Waals surface area (Å²) in [5.41, 5.74) is 3.88. The molecule has 5 rings (SSSR count). The van der Waals surface area contributed by atoms with Crippen LogP contribution in [-0.4, -0.2) is 25.4 Å². The Morgan fingerprint density at radius 2 is 1.07 bits per heavy atom. The standard InChI is InChI=1S/C22H18N4O/c1-14(27)26-21-8-9-22(26)13-20-7-5-18(25-20)11-16-3-2-15(23-16)10-17-4-6-19(12-21)24-17/h2-13,23-25H,1H3. The van der Waals surface area contributed by atoms with Crippen molar-refractivity contribution in [2.75, 3.05) is 0 Å². The lowest BCUT2D eigenvalue weighted by Gasteiger charge is -1.99. The Kier molecular flexibility index (Phi) is 3.40. The fraction of sp³-hybridized carbons (Fsp3) is 0.0455. The first-order chi connectivity index (χ1) is 13.1. The monoisotopic (exact) mass is 354 g/mol. The number of hydrogen-bond donors (Lipinski definition) is 3. The summed E-state index contributed by atoms with van der Waals surface area (Å²) >= 11 is 0.